The number of aryl methyl sites for hydroxylation is 1. The van der Waals surface area contributed by atoms with Crippen LogP contribution in [0.25, 0.3) is 0 Å². The number of ether oxygens (including phenoxy) is 2. The molecular weight excluding hydrogens is 266 g/mol. The third-order valence-corrected chi connectivity index (χ3v) is 3.20. The highest BCUT2D eigenvalue weighted by molar-refractivity contribution is 5.80. The number of carbonyl (C=O) groups is 1. The molecular formula is C17H27NO3. The molecule has 0 fully saturated rings. The summed E-state index contributed by atoms with van der Waals surface area (Å²) in [4.78, 5) is 14.3. The van der Waals surface area contributed by atoms with Gasteiger partial charge in [0.15, 0.2) is 0 Å². The Balaban J connectivity index is 2.74. The third kappa shape index (κ3) is 6.27. The van der Waals surface area contributed by atoms with E-state index < -0.39 is 6.10 Å². The number of amides is 1. The number of benzene rings is 1. The van der Waals surface area contributed by atoms with Gasteiger partial charge < -0.3 is 14.4 Å². The average molecular weight is 293 g/mol. The molecule has 0 aliphatic rings. The van der Waals surface area contributed by atoms with Gasteiger partial charge in [0.1, 0.15) is 6.10 Å². The summed E-state index contributed by atoms with van der Waals surface area (Å²) >= 11 is 0. The normalized spacial score (nSPS) is 12.5. The second-order valence-corrected chi connectivity index (χ2v) is 5.57. The molecule has 0 spiro atoms. The second-order valence-electron chi connectivity index (χ2n) is 5.57. The van der Waals surface area contributed by atoms with Crippen molar-refractivity contribution >= 4 is 5.91 Å². The van der Waals surface area contributed by atoms with Crippen molar-refractivity contribution in [2.75, 3.05) is 20.3 Å². The first-order valence-corrected chi connectivity index (χ1v) is 7.42. The third-order valence-electron chi connectivity index (χ3n) is 3.20. The number of carbonyl (C=O) groups excluding carboxylic acids is 1. The summed E-state index contributed by atoms with van der Waals surface area (Å²) in [7, 11) is 1.64. The number of hydrogen-bond acceptors (Lipinski definition) is 3. The molecule has 4 nitrogen and oxygen atoms in total. The van der Waals surface area contributed by atoms with Crippen LogP contribution < -0.4 is 0 Å². The van der Waals surface area contributed by atoms with Crippen molar-refractivity contribution in [1.82, 2.24) is 4.90 Å². The van der Waals surface area contributed by atoms with E-state index in [4.69, 9.17) is 9.47 Å². The van der Waals surface area contributed by atoms with Crippen LogP contribution in [-0.4, -0.2) is 43.3 Å². The summed E-state index contributed by atoms with van der Waals surface area (Å²) in [5.74, 6) is 0.00123. The van der Waals surface area contributed by atoms with Crippen LogP contribution in [0.15, 0.2) is 24.3 Å². The van der Waals surface area contributed by atoms with E-state index in [1.807, 2.05) is 13.8 Å². The molecule has 4 heteroatoms. The standard InChI is InChI=1S/C17H27NO3/c1-13(2)21-15(4)17(19)18(10-11-20-5)12-16-8-6-14(3)7-9-16/h6-9,13,15H,10-12H2,1-5H3. The van der Waals surface area contributed by atoms with Gasteiger partial charge in [0.2, 0.25) is 0 Å². The number of methoxy groups -OCH3 is 1. The van der Waals surface area contributed by atoms with Gasteiger partial charge in [0, 0.05) is 20.2 Å². The highest BCUT2D eigenvalue weighted by Crippen LogP contribution is 2.10. The monoisotopic (exact) mass is 293 g/mol. The summed E-state index contributed by atoms with van der Waals surface area (Å²) in [6.07, 6.45) is -0.403. The first-order chi connectivity index (χ1) is 9.93. The van der Waals surface area contributed by atoms with Gasteiger partial charge in [-0.05, 0) is 33.3 Å². The van der Waals surface area contributed by atoms with Crippen LogP contribution >= 0.6 is 0 Å². The molecule has 1 aromatic carbocycles. The van der Waals surface area contributed by atoms with Crippen LogP contribution in [0.5, 0.6) is 0 Å². The Bertz CT molecular complexity index is 428. The number of nitrogens with zero attached hydrogens (tertiary/aromatic N) is 1. The predicted molar refractivity (Wildman–Crippen MR) is 84.2 cm³/mol. The molecule has 0 aliphatic carbocycles. The molecule has 118 valence electrons. The van der Waals surface area contributed by atoms with Gasteiger partial charge in [0.25, 0.3) is 5.91 Å². The molecule has 0 bridgehead atoms. The van der Waals surface area contributed by atoms with E-state index in [-0.39, 0.29) is 12.0 Å². The topological polar surface area (TPSA) is 38.8 Å². The zero-order valence-electron chi connectivity index (χ0n) is 13.8. The smallest absolute Gasteiger partial charge is 0.251 e. The summed E-state index contributed by atoms with van der Waals surface area (Å²) in [5.41, 5.74) is 2.33. The van der Waals surface area contributed by atoms with Crippen LogP contribution in [-0.2, 0) is 20.8 Å². The van der Waals surface area contributed by atoms with Crippen molar-refractivity contribution in [2.45, 2.75) is 46.4 Å². The lowest BCUT2D eigenvalue weighted by molar-refractivity contribution is -0.146. The van der Waals surface area contributed by atoms with Crippen molar-refractivity contribution in [3.05, 3.63) is 35.4 Å². The lowest BCUT2D eigenvalue weighted by atomic mass is 10.1. The fourth-order valence-corrected chi connectivity index (χ4v) is 2.11. The minimum absolute atomic E-state index is 0.00123. The maximum Gasteiger partial charge on any atom is 0.251 e. The Morgan fingerprint density at radius 3 is 2.33 bits per heavy atom. The molecule has 0 aromatic heterocycles. The molecule has 0 saturated carbocycles. The Kier molecular flexibility index (Phi) is 7.40. The number of rotatable bonds is 8. The largest absolute Gasteiger partial charge is 0.383 e. The molecule has 0 aliphatic heterocycles. The van der Waals surface area contributed by atoms with E-state index in [1.165, 1.54) is 5.56 Å². The lowest BCUT2D eigenvalue weighted by Crippen LogP contribution is -2.41. The number of hydrogen-bond donors (Lipinski definition) is 0. The zero-order valence-corrected chi connectivity index (χ0v) is 13.8. The fourth-order valence-electron chi connectivity index (χ4n) is 2.11. The predicted octanol–water partition coefficient (Wildman–Crippen LogP) is 2.78. The Hall–Kier alpha value is -1.39. The molecule has 21 heavy (non-hydrogen) atoms. The van der Waals surface area contributed by atoms with Crippen molar-refractivity contribution in [3.8, 4) is 0 Å². The van der Waals surface area contributed by atoms with Crippen molar-refractivity contribution < 1.29 is 14.3 Å². The first-order valence-electron chi connectivity index (χ1n) is 7.42. The maximum atomic E-state index is 12.5. The summed E-state index contributed by atoms with van der Waals surface area (Å²) in [6.45, 7) is 9.38. The van der Waals surface area contributed by atoms with E-state index in [9.17, 15) is 4.79 Å². The van der Waals surface area contributed by atoms with E-state index in [2.05, 4.69) is 31.2 Å². The average Bonchev–Trinajstić information content (AvgIpc) is 2.44. The molecule has 0 radical (unpaired) electrons. The highest BCUT2D eigenvalue weighted by Gasteiger charge is 2.22. The van der Waals surface area contributed by atoms with E-state index in [1.54, 1.807) is 18.9 Å². The minimum Gasteiger partial charge on any atom is -0.383 e. The summed E-state index contributed by atoms with van der Waals surface area (Å²) < 4.78 is 10.7. The molecule has 1 aromatic rings. The van der Waals surface area contributed by atoms with Crippen LogP contribution in [0.2, 0.25) is 0 Å². The lowest BCUT2D eigenvalue weighted by Gasteiger charge is -2.26. The van der Waals surface area contributed by atoms with Crippen molar-refractivity contribution in [3.63, 3.8) is 0 Å². The molecule has 1 atom stereocenters. The van der Waals surface area contributed by atoms with Gasteiger partial charge in [-0.1, -0.05) is 29.8 Å². The van der Waals surface area contributed by atoms with E-state index in [0.29, 0.717) is 19.7 Å². The highest BCUT2D eigenvalue weighted by atomic mass is 16.5. The van der Waals surface area contributed by atoms with Gasteiger partial charge >= 0.3 is 0 Å². The Morgan fingerprint density at radius 2 is 1.81 bits per heavy atom. The Labute approximate surface area is 128 Å². The first kappa shape index (κ1) is 17.7. The molecule has 1 amide bonds. The summed E-state index contributed by atoms with van der Waals surface area (Å²) in [6, 6.07) is 8.22. The van der Waals surface area contributed by atoms with Gasteiger partial charge in [0.05, 0.1) is 12.7 Å². The zero-order chi connectivity index (χ0) is 15.8. The fraction of sp³-hybridized carbons (Fsp3) is 0.588. The van der Waals surface area contributed by atoms with E-state index >= 15 is 0 Å². The van der Waals surface area contributed by atoms with Gasteiger partial charge in [-0.2, -0.15) is 0 Å². The molecule has 1 unspecified atom stereocenters. The molecule has 0 N–H and O–H groups in total. The van der Waals surface area contributed by atoms with Crippen molar-refractivity contribution in [2.24, 2.45) is 0 Å². The molecule has 0 heterocycles. The second kappa shape index (κ2) is 8.80. The van der Waals surface area contributed by atoms with Crippen LogP contribution in [0, 0.1) is 6.92 Å². The summed E-state index contributed by atoms with van der Waals surface area (Å²) in [5, 5.41) is 0. The Morgan fingerprint density at radius 1 is 1.19 bits per heavy atom. The SMILES string of the molecule is COCCN(Cc1ccc(C)cc1)C(=O)C(C)OC(C)C. The van der Waals surface area contributed by atoms with E-state index in [0.717, 1.165) is 5.56 Å². The quantitative estimate of drug-likeness (QED) is 0.740. The van der Waals surface area contributed by atoms with Gasteiger partial charge in [-0.15, -0.1) is 0 Å². The van der Waals surface area contributed by atoms with Crippen LogP contribution in [0.1, 0.15) is 31.9 Å². The molecule has 1 rings (SSSR count). The molecule has 0 saturated heterocycles. The van der Waals surface area contributed by atoms with Crippen molar-refractivity contribution in [1.29, 1.82) is 0 Å². The van der Waals surface area contributed by atoms with Crippen LogP contribution in [0.3, 0.4) is 0 Å². The minimum atomic E-state index is -0.438. The van der Waals surface area contributed by atoms with Crippen LogP contribution in [0.4, 0.5) is 0 Å². The maximum absolute atomic E-state index is 12.5. The van der Waals surface area contributed by atoms with Gasteiger partial charge in [-0.25, -0.2) is 0 Å². The van der Waals surface area contributed by atoms with Gasteiger partial charge in [-0.3, -0.25) is 4.79 Å².